The molecule has 4 unspecified atom stereocenters. The van der Waals surface area contributed by atoms with Crippen LogP contribution in [0.15, 0.2) is 34.0 Å². The molecule has 2 aromatic rings. The summed E-state index contributed by atoms with van der Waals surface area (Å²) in [4.78, 5) is 45.4. The minimum atomic E-state index is -1.22. The number of aliphatic hydroxyl groups is 3. The van der Waals surface area contributed by atoms with Crippen molar-refractivity contribution in [3.63, 3.8) is 0 Å². The number of unbranched alkanes of at least 4 members (excludes halogenated alkanes) is 3. The number of fused-ring (bicyclic) bond motifs is 7. The second kappa shape index (κ2) is 15.8. The summed E-state index contributed by atoms with van der Waals surface area (Å²) in [7, 11) is 0. The maximum absolute atomic E-state index is 13.9. The summed E-state index contributed by atoms with van der Waals surface area (Å²) in [6.07, 6.45) is 8.59. The van der Waals surface area contributed by atoms with Crippen molar-refractivity contribution >= 4 is 29.7 Å². The van der Waals surface area contributed by atoms with Crippen molar-refractivity contribution in [2.45, 2.75) is 116 Å². The number of allylic oxidation sites excluding steroid dienone is 3. The maximum atomic E-state index is 13.9. The van der Waals surface area contributed by atoms with Gasteiger partial charge in [0.1, 0.15) is 29.1 Å². The molecule has 288 valence electrons. The van der Waals surface area contributed by atoms with Crippen LogP contribution in [0.25, 0.3) is 11.6 Å². The van der Waals surface area contributed by atoms with Gasteiger partial charge in [-0.15, -0.1) is 0 Å². The predicted octanol–water partition coefficient (Wildman–Crippen LogP) is 4.25. The predicted molar refractivity (Wildman–Crippen MR) is 200 cm³/mol. The first-order valence-electron chi connectivity index (χ1n) is 19.6. The molecule has 54 heavy (non-hydrogen) atoms. The summed E-state index contributed by atoms with van der Waals surface area (Å²) in [6, 6.07) is 4.12. The standard InChI is InChI=1S/C43H51NO10/c1-4-6-7-8-14-43(3,50)35-19-30-38(53-35)32(22-47)40-37-36(31(21-46)41(54-40)42(49)51-5-2)27-11-12-34(48)29(17-27)28-16-26-13-15-44-33(26)18-25(28)10-9-24(20-45)23-52-39(30)37/h13,16,18,21,24,29,35,45,47,50H,4-12,14-15,17,19-20,22-23H2,1-3H3. The van der Waals surface area contributed by atoms with Gasteiger partial charge in [-0.3, -0.25) is 14.6 Å². The molecule has 0 amide bonds. The number of ketones is 1. The summed E-state index contributed by atoms with van der Waals surface area (Å²) >= 11 is 0. The lowest BCUT2D eigenvalue weighted by molar-refractivity contribution is -0.141. The lowest BCUT2D eigenvalue weighted by atomic mass is 9.74. The van der Waals surface area contributed by atoms with Gasteiger partial charge in [0.15, 0.2) is 6.29 Å². The highest BCUT2D eigenvalue weighted by Crippen LogP contribution is 2.57. The average molecular weight is 742 g/mol. The van der Waals surface area contributed by atoms with E-state index in [1.807, 2.05) is 6.08 Å². The molecule has 5 aliphatic rings. The van der Waals surface area contributed by atoms with Gasteiger partial charge in [0, 0.05) is 42.4 Å². The first-order chi connectivity index (χ1) is 26.1. The quantitative estimate of drug-likeness (QED) is 0.173. The monoisotopic (exact) mass is 741 g/mol. The zero-order chi connectivity index (χ0) is 38.1. The van der Waals surface area contributed by atoms with Crippen LogP contribution in [0.4, 0.5) is 0 Å². The summed E-state index contributed by atoms with van der Waals surface area (Å²) in [5, 5.41) is 35.3. The van der Waals surface area contributed by atoms with Crippen molar-refractivity contribution in [3.8, 4) is 17.2 Å². The fraction of sp³-hybridized carbons (Fsp3) is 0.535. The third kappa shape index (κ3) is 6.90. The van der Waals surface area contributed by atoms with Gasteiger partial charge in [0.2, 0.25) is 5.76 Å². The first kappa shape index (κ1) is 38.0. The number of aryl methyl sites for hydroxylation is 1. The highest BCUT2D eigenvalue weighted by atomic mass is 16.6. The van der Waals surface area contributed by atoms with Crippen molar-refractivity contribution in [2.24, 2.45) is 10.9 Å². The van der Waals surface area contributed by atoms with E-state index >= 15 is 0 Å². The molecule has 0 spiro atoms. The van der Waals surface area contributed by atoms with E-state index in [0.29, 0.717) is 66.7 Å². The Balaban J connectivity index is 1.47. The van der Waals surface area contributed by atoms with Gasteiger partial charge in [-0.2, -0.15) is 0 Å². The van der Waals surface area contributed by atoms with Crippen LogP contribution >= 0.6 is 0 Å². The number of ether oxygens (including phenoxy) is 4. The molecule has 11 nitrogen and oxygen atoms in total. The second-order valence-corrected chi connectivity index (χ2v) is 15.4. The lowest BCUT2D eigenvalue weighted by Gasteiger charge is -2.32. The molecule has 1 aliphatic carbocycles. The van der Waals surface area contributed by atoms with Crippen molar-refractivity contribution < 1.29 is 48.7 Å². The second-order valence-electron chi connectivity index (χ2n) is 15.4. The molecule has 2 aromatic carbocycles. The zero-order valence-corrected chi connectivity index (χ0v) is 31.5. The van der Waals surface area contributed by atoms with E-state index in [2.05, 4.69) is 24.0 Å². The van der Waals surface area contributed by atoms with Gasteiger partial charge in [-0.25, -0.2) is 4.79 Å². The minimum absolute atomic E-state index is 0.0222. The van der Waals surface area contributed by atoms with Crippen LogP contribution in [0.1, 0.15) is 112 Å². The van der Waals surface area contributed by atoms with Crippen molar-refractivity contribution in [3.05, 3.63) is 67.4 Å². The molecular weight excluding hydrogens is 690 g/mol. The molecule has 4 heterocycles. The van der Waals surface area contributed by atoms with Crippen molar-refractivity contribution in [1.82, 2.24) is 0 Å². The number of benzene rings is 2. The van der Waals surface area contributed by atoms with E-state index < -0.39 is 30.2 Å². The van der Waals surface area contributed by atoms with Crippen LogP contribution in [0.5, 0.6) is 17.2 Å². The van der Waals surface area contributed by atoms with Crippen molar-refractivity contribution in [2.75, 3.05) is 26.4 Å². The molecule has 4 aliphatic heterocycles. The Labute approximate surface area is 315 Å². The Bertz CT molecular complexity index is 2040. The van der Waals surface area contributed by atoms with Gasteiger partial charge in [0.25, 0.3) is 0 Å². The summed E-state index contributed by atoms with van der Waals surface area (Å²) in [5.74, 6) is -1.17. The van der Waals surface area contributed by atoms with E-state index in [1.54, 1.807) is 13.8 Å². The number of carbonyl (C=O) groups is 3. The number of hydrogen-bond donors (Lipinski definition) is 3. The fourth-order valence-corrected chi connectivity index (χ4v) is 8.74. The van der Waals surface area contributed by atoms with Crippen LogP contribution in [0.3, 0.4) is 0 Å². The minimum Gasteiger partial charge on any atom is -0.492 e. The van der Waals surface area contributed by atoms with Gasteiger partial charge in [0.05, 0.1) is 54.0 Å². The molecular formula is C43H51NO10. The molecule has 0 aromatic heterocycles. The van der Waals surface area contributed by atoms with E-state index in [1.165, 1.54) is 0 Å². The topological polar surface area (TPSA) is 161 Å². The molecule has 7 rings (SSSR count). The molecule has 11 heteroatoms. The van der Waals surface area contributed by atoms with E-state index in [-0.39, 0.29) is 73.4 Å². The third-order valence-electron chi connectivity index (χ3n) is 11.8. The molecule has 0 radical (unpaired) electrons. The molecule has 0 saturated heterocycles. The number of carbonyl (C=O) groups excluding carboxylic acids is 3. The molecule has 1 fully saturated rings. The number of nitrogens with zero attached hydrogens (tertiary/aromatic N) is 1. The smallest absolute Gasteiger partial charge is 0.375 e. The van der Waals surface area contributed by atoms with E-state index in [0.717, 1.165) is 53.0 Å². The maximum Gasteiger partial charge on any atom is 0.375 e. The number of hydrogen-bond acceptors (Lipinski definition) is 11. The van der Waals surface area contributed by atoms with Gasteiger partial charge in [-0.05, 0) is 74.4 Å². The highest BCUT2D eigenvalue weighted by Gasteiger charge is 2.46. The number of aldehydes is 1. The number of rotatable bonds is 11. The molecule has 3 N–H and O–H groups in total. The van der Waals surface area contributed by atoms with Crippen LogP contribution in [-0.4, -0.2) is 71.4 Å². The highest BCUT2D eigenvalue weighted by molar-refractivity contribution is 6.11. The molecule has 1 saturated carbocycles. The normalized spacial score (nSPS) is 22.6. The number of Topliss-reactive ketones (excluding diaryl/α,β-unsaturated/α-hetero) is 1. The summed E-state index contributed by atoms with van der Waals surface area (Å²) < 4.78 is 25.0. The van der Waals surface area contributed by atoms with Crippen LogP contribution in [-0.2, 0) is 38.6 Å². The molecule has 4 atom stereocenters. The molecule has 2 bridgehead atoms. The largest absolute Gasteiger partial charge is 0.492 e. The van der Waals surface area contributed by atoms with Gasteiger partial charge >= 0.3 is 5.97 Å². The summed E-state index contributed by atoms with van der Waals surface area (Å²) in [5.41, 5.74) is 3.09. The third-order valence-corrected chi connectivity index (χ3v) is 11.8. The summed E-state index contributed by atoms with van der Waals surface area (Å²) in [6.45, 7) is 5.55. The average Bonchev–Trinajstić information content (AvgIpc) is 3.83. The Morgan fingerprint density at radius 3 is 2.65 bits per heavy atom. The lowest BCUT2D eigenvalue weighted by Crippen LogP contribution is -2.42. The van der Waals surface area contributed by atoms with Gasteiger partial charge < -0.3 is 34.3 Å². The van der Waals surface area contributed by atoms with Crippen LogP contribution in [0, 0.1) is 5.92 Å². The van der Waals surface area contributed by atoms with E-state index in [9.17, 15) is 29.7 Å². The van der Waals surface area contributed by atoms with Gasteiger partial charge in [-0.1, -0.05) is 44.3 Å². The van der Waals surface area contributed by atoms with Crippen molar-refractivity contribution in [1.29, 1.82) is 0 Å². The first-order valence-corrected chi connectivity index (χ1v) is 19.6. The Hall–Kier alpha value is -4.32. The Kier molecular flexibility index (Phi) is 11.1. The van der Waals surface area contributed by atoms with E-state index in [4.69, 9.17) is 18.9 Å². The zero-order valence-electron chi connectivity index (χ0n) is 31.5. The van der Waals surface area contributed by atoms with Crippen LogP contribution < -0.4 is 24.8 Å². The number of esters is 1. The Morgan fingerprint density at radius 2 is 1.91 bits per heavy atom. The Morgan fingerprint density at radius 1 is 1.07 bits per heavy atom. The fourth-order valence-electron chi connectivity index (χ4n) is 8.74. The van der Waals surface area contributed by atoms with Crippen LogP contribution in [0.2, 0.25) is 0 Å². The number of aliphatic hydroxyl groups excluding tert-OH is 2. The SMILES string of the molecule is CCCCCCC(C)(O)C1Cc2c(c(CO)c3c4c2OCC(CO)CCc2cc5c(cc2C2CC(=C4C(C=O)=C(C(=O)OCC)O3)CCC2=O)=CCN=5)O1.